The molecule has 0 N–H and O–H groups in total. The number of rotatable bonds is 0. The van der Waals surface area contributed by atoms with Gasteiger partial charge in [-0.05, 0) is 6.92 Å². The van der Waals surface area contributed by atoms with Gasteiger partial charge in [0.25, 0.3) is 0 Å². The summed E-state index contributed by atoms with van der Waals surface area (Å²) in [6.45, 7) is 8.13. The molecule has 0 aromatic rings. The van der Waals surface area contributed by atoms with E-state index in [1.54, 1.807) is 11.8 Å². The van der Waals surface area contributed by atoms with Gasteiger partial charge >= 0.3 is 5.97 Å². The average molecular weight is 174 g/mol. The second kappa shape index (κ2) is 2.70. The van der Waals surface area contributed by atoms with Crippen LogP contribution in [0.15, 0.2) is 0 Å². The molecule has 11 heavy (non-hydrogen) atoms. The molecular weight excluding hydrogens is 160 g/mol. The second-order valence-electron chi connectivity index (χ2n) is 3.91. The summed E-state index contributed by atoms with van der Waals surface area (Å²) in [5.74, 6) is -0.0741. The lowest BCUT2D eigenvalue weighted by atomic mass is 9.98. The van der Waals surface area contributed by atoms with Crippen LogP contribution in [0.5, 0.6) is 0 Å². The van der Waals surface area contributed by atoms with Gasteiger partial charge in [0.15, 0.2) is 5.44 Å². The highest BCUT2D eigenvalue weighted by Gasteiger charge is 2.38. The van der Waals surface area contributed by atoms with Crippen LogP contribution < -0.4 is 0 Å². The first-order valence-corrected chi connectivity index (χ1v) is 4.71. The van der Waals surface area contributed by atoms with Crippen LogP contribution in [0.1, 0.15) is 27.7 Å². The van der Waals surface area contributed by atoms with E-state index in [0.29, 0.717) is 0 Å². The van der Waals surface area contributed by atoms with E-state index in [2.05, 4.69) is 20.8 Å². The molecule has 0 radical (unpaired) electrons. The Balaban J connectivity index is 2.61. The zero-order valence-electron chi connectivity index (χ0n) is 7.38. The zero-order valence-corrected chi connectivity index (χ0v) is 8.20. The molecular formula is C8H14O2S. The van der Waals surface area contributed by atoms with Crippen LogP contribution in [0, 0.1) is 5.41 Å². The highest BCUT2D eigenvalue weighted by Crippen LogP contribution is 2.39. The SMILES string of the molecule is C[C@H]1SC(C(C)(C)C)OC1=O. The minimum Gasteiger partial charge on any atom is -0.450 e. The van der Waals surface area contributed by atoms with Gasteiger partial charge in [-0.25, -0.2) is 0 Å². The van der Waals surface area contributed by atoms with Crippen LogP contribution in [-0.2, 0) is 9.53 Å². The van der Waals surface area contributed by atoms with Crippen molar-refractivity contribution in [1.29, 1.82) is 0 Å². The molecule has 0 saturated carbocycles. The Morgan fingerprint density at radius 3 is 2.18 bits per heavy atom. The molecule has 1 saturated heterocycles. The van der Waals surface area contributed by atoms with Crippen molar-refractivity contribution in [1.82, 2.24) is 0 Å². The van der Waals surface area contributed by atoms with Crippen molar-refractivity contribution < 1.29 is 9.53 Å². The molecule has 0 bridgehead atoms. The third-order valence-corrected chi connectivity index (χ3v) is 3.24. The van der Waals surface area contributed by atoms with Gasteiger partial charge in [0, 0.05) is 5.41 Å². The smallest absolute Gasteiger partial charge is 0.320 e. The largest absolute Gasteiger partial charge is 0.450 e. The molecule has 1 fully saturated rings. The van der Waals surface area contributed by atoms with Gasteiger partial charge < -0.3 is 4.74 Å². The molecule has 2 atom stereocenters. The number of carbonyl (C=O) groups excluding carboxylic acids is 1. The summed E-state index contributed by atoms with van der Waals surface area (Å²) >= 11 is 1.61. The predicted octanol–water partition coefficient (Wildman–Crippen LogP) is 2.04. The van der Waals surface area contributed by atoms with Crippen LogP contribution in [0.4, 0.5) is 0 Å². The molecule has 1 heterocycles. The predicted molar refractivity (Wildman–Crippen MR) is 46.4 cm³/mol. The summed E-state index contributed by atoms with van der Waals surface area (Å²) in [7, 11) is 0. The van der Waals surface area contributed by atoms with E-state index in [0.717, 1.165) is 0 Å². The lowest BCUT2D eigenvalue weighted by molar-refractivity contribution is -0.144. The van der Waals surface area contributed by atoms with Crippen LogP contribution in [0.2, 0.25) is 0 Å². The molecule has 0 aliphatic carbocycles. The molecule has 64 valence electrons. The maximum absolute atomic E-state index is 11.0. The maximum Gasteiger partial charge on any atom is 0.320 e. The normalized spacial score (nSPS) is 32.2. The molecule has 3 heteroatoms. The van der Waals surface area contributed by atoms with Crippen molar-refractivity contribution in [3.63, 3.8) is 0 Å². The summed E-state index contributed by atoms with van der Waals surface area (Å²) in [6.07, 6.45) is 0. The van der Waals surface area contributed by atoms with E-state index in [1.807, 2.05) is 6.92 Å². The summed E-state index contributed by atoms with van der Waals surface area (Å²) in [5, 5.41) is 0.0132. The third kappa shape index (κ3) is 1.89. The van der Waals surface area contributed by atoms with Crippen molar-refractivity contribution in [2.45, 2.75) is 38.4 Å². The topological polar surface area (TPSA) is 26.3 Å². The van der Waals surface area contributed by atoms with Crippen molar-refractivity contribution in [3.05, 3.63) is 0 Å². The molecule has 0 aromatic carbocycles. The van der Waals surface area contributed by atoms with E-state index < -0.39 is 0 Å². The number of esters is 1. The van der Waals surface area contributed by atoms with Crippen LogP contribution in [-0.4, -0.2) is 16.7 Å². The van der Waals surface area contributed by atoms with Crippen LogP contribution >= 0.6 is 11.8 Å². The summed E-state index contributed by atoms with van der Waals surface area (Å²) in [5.41, 5.74) is 0.0930. The first-order valence-electron chi connectivity index (χ1n) is 3.77. The van der Waals surface area contributed by atoms with E-state index in [9.17, 15) is 4.79 Å². The summed E-state index contributed by atoms with van der Waals surface area (Å²) in [6, 6.07) is 0. The first-order chi connectivity index (χ1) is 4.91. The van der Waals surface area contributed by atoms with Crippen molar-refractivity contribution in [2.75, 3.05) is 0 Å². The van der Waals surface area contributed by atoms with Gasteiger partial charge in [-0.1, -0.05) is 20.8 Å². The lowest BCUT2D eigenvalue weighted by Crippen LogP contribution is -2.23. The number of hydrogen-bond acceptors (Lipinski definition) is 3. The molecule has 2 nitrogen and oxygen atoms in total. The van der Waals surface area contributed by atoms with E-state index in [-0.39, 0.29) is 22.1 Å². The lowest BCUT2D eigenvalue weighted by Gasteiger charge is -2.23. The molecule has 1 aliphatic heterocycles. The minimum absolute atomic E-state index is 0.0132. The molecule has 0 aromatic heterocycles. The summed E-state index contributed by atoms with van der Waals surface area (Å²) < 4.78 is 5.16. The number of cyclic esters (lactones) is 1. The molecule has 0 spiro atoms. The molecule has 0 amide bonds. The highest BCUT2D eigenvalue weighted by molar-refractivity contribution is 8.01. The second-order valence-corrected chi connectivity index (χ2v) is 5.32. The van der Waals surface area contributed by atoms with E-state index >= 15 is 0 Å². The van der Waals surface area contributed by atoms with Crippen LogP contribution in [0.3, 0.4) is 0 Å². The average Bonchev–Trinajstić information content (AvgIpc) is 2.11. The Kier molecular flexibility index (Phi) is 2.19. The van der Waals surface area contributed by atoms with E-state index in [1.165, 1.54) is 0 Å². The van der Waals surface area contributed by atoms with E-state index in [4.69, 9.17) is 4.74 Å². The van der Waals surface area contributed by atoms with Gasteiger partial charge in [-0.15, -0.1) is 11.8 Å². The fraction of sp³-hybridized carbons (Fsp3) is 0.875. The Hall–Kier alpha value is -0.180. The van der Waals surface area contributed by atoms with Gasteiger partial charge in [0.05, 0.1) is 0 Å². The fourth-order valence-electron chi connectivity index (χ4n) is 0.851. The Morgan fingerprint density at radius 1 is 1.45 bits per heavy atom. The monoisotopic (exact) mass is 174 g/mol. The van der Waals surface area contributed by atoms with Crippen LogP contribution in [0.25, 0.3) is 0 Å². The Bertz CT molecular complexity index is 171. The molecule has 1 rings (SSSR count). The fourth-order valence-corrected chi connectivity index (χ4v) is 1.95. The number of carbonyl (C=O) groups is 1. The highest BCUT2D eigenvalue weighted by atomic mass is 32.2. The first kappa shape index (κ1) is 8.91. The number of thioether (sulfide) groups is 1. The number of ether oxygens (including phenoxy) is 1. The maximum atomic E-state index is 11.0. The van der Waals surface area contributed by atoms with Gasteiger partial charge in [0.2, 0.25) is 0 Å². The van der Waals surface area contributed by atoms with Gasteiger partial charge in [0.1, 0.15) is 5.25 Å². The summed E-state index contributed by atoms with van der Waals surface area (Å²) in [4.78, 5) is 11.0. The molecule has 1 unspecified atom stereocenters. The minimum atomic E-state index is -0.0741. The number of hydrogen-bond donors (Lipinski definition) is 0. The van der Waals surface area contributed by atoms with Crippen molar-refractivity contribution in [2.24, 2.45) is 5.41 Å². The zero-order chi connectivity index (χ0) is 8.65. The standard InChI is InChI=1S/C8H14O2S/c1-5-6(9)10-7(11-5)8(2,3)4/h5,7H,1-4H3/t5-,7?/m1/s1. The quantitative estimate of drug-likeness (QED) is 0.526. The Morgan fingerprint density at radius 2 is 2.00 bits per heavy atom. The molecule has 1 aliphatic rings. The van der Waals surface area contributed by atoms with Gasteiger partial charge in [-0.3, -0.25) is 4.79 Å². The van der Waals surface area contributed by atoms with Crippen molar-refractivity contribution in [3.8, 4) is 0 Å². The Labute approximate surface area is 71.7 Å². The van der Waals surface area contributed by atoms with Gasteiger partial charge in [-0.2, -0.15) is 0 Å². The third-order valence-electron chi connectivity index (χ3n) is 1.59. The van der Waals surface area contributed by atoms with Crippen molar-refractivity contribution >= 4 is 17.7 Å².